The van der Waals surface area contributed by atoms with E-state index in [2.05, 4.69) is 48.3 Å². The Morgan fingerprint density at radius 3 is 2.82 bits per heavy atom. The molecule has 0 N–H and O–H groups in total. The Kier molecular flexibility index (Phi) is 2.47. The molecule has 0 radical (unpaired) electrons. The largest absolute Gasteiger partial charge is 0.244 e. The minimum absolute atomic E-state index is 0.543. The highest BCUT2D eigenvalue weighted by molar-refractivity contribution is 4.71. The highest BCUT2D eigenvalue weighted by Gasteiger charge is 2.04. The van der Waals surface area contributed by atoms with Crippen molar-refractivity contribution in [2.45, 2.75) is 26.4 Å². The van der Waals surface area contributed by atoms with Crippen LogP contribution in [0.15, 0.2) is 31.4 Å². The summed E-state index contributed by atoms with van der Waals surface area (Å²) in [5.74, 6) is 0. The summed E-state index contributed by atoms with van der Waals surface area (Å²) in [6.45, 7) is 8.90. The normalized spacial score (nSPS) is 10.5. The van der Waals surface area contributed by atoms with Crippen LogP contribution in [0.1, 0.15) is 19.9 Å². The number of hydrogen-bond donors (Lipinski definition) is 0. The van der Waals surface area contributed by atoms with Crippen molar-refractivity contribution in [2.24, 2.45) is 0 Å². The molecule has 0 bridgehead atoms. The van der Waals surface area contributed by atoms with E-state index in [1.807, 2.05) is 6.08 Å². The first kappa shape index (κ1) is 8.05. The average molecular weight is 151 g/mol. The quantitative estimate of drug-likeness (QED) is 0.458. The number of aromatic nitrogens is 2. The zero-order valence-electron chi connectivity index (χ0n) is 7.20. The van der Waals surface area contributed by atoms with Gasteiger partial charge >= 0.3 is 0 Å². The summed E-state index contributed by atoms with van der Waals surface area (Å²) in [6.07, 6.45) is 8.12. The fraction of sp³-hybridized carbons (Fsp3) is 0.444. The van der Waals surface area contributed by atoms with Crippen molar-refractivity contribution in [1.29, 1.82) is 0 Å². The van der Waals surface area contributed by atoms with Crippen LogP contribution in [0.5, 0.6) is 0 Å². The van der Waals surface area contributed by atoms with Gasteiger partial charge in [0.15, 0.2) is 0 Å². The molecule has 1 aromatic heterocycles. The molecular weight excluding hydrogens is 136 g/mol. The Bertz CT molecular complexity index is 235. The summed E-state index contributed by atoms with van der Waals surface area (Å²) >= 11 is 0. The van der Waals surface area contributed by atoms with Gasteiger partial charge in [-0.15, -0.1) is 0 Å². The predicted octanol–water partition coefficient (Wildman–Crippen LogP) is 1.54. The third-order valence-electron chi connectivity index (χ3n) is 1.65. The Morgan fingerprint density at radius 2 is 2.36 bits per heavy atom. The molecule has 0 saturated carbocycles. The molecule has 60 valence electrons. The summed E-state index contributed by atoms with van der Waals surface area (Å²) < 4.78 is 4.27. The average Bonchev–Trinajstić information content (AvgIpc) is 2.37. The molecule has 0 aliphatic heterocycles. The predicted molar refractivity (Wildman–Crippen MR) is 45.2 cm³/mol. The molecule has 0 atom stereocenters. The molecule has 1 aromatic rings. The van der Waals surface area contributed by atoms with E-state index < -0.39 is 0 Å². The van der Waals surface area contributed by atoms with Crippen LogP contribution < -0.4 is 4.57 Å². The second kappa shape index (κ2) is 3.37. The van der Waals surface area contributed by atoms with Crippen LogP contribution in [-0.4, -0.2) is 4.57 Å². The number of hydrogen-bond acceptors (Lipinski definition) is 0. The molecule has 0 spiro atoms. The van der Waals surface area contributed by atoms with E-state index in [1.54, 1.807) is 0 Å². The van der Waals surface area contributed by atoms with Gasteiger partial charge in [-0.3, -0.25) is 0 Å². The summed E-state index contributed by atoms with van der Waals surface area (Å²) in [4.78, 5) is 0. The highest BCUT2D eigenvalue weighted by atomic mass is 15.1. The lowest BCUT2D eigenvalue weighted by atomic mass is 10.4. The molecule has 0 amide bonds. The second-order valence-electron chi connectivity index (χ2n) is 2.94. The van der Waals surface area contributed by atoms with E-state index in [1.165, 1.54) is 0 Å². The monoisotopic (exact) mass is 151 g/mol. The molecule has 2 heteroatoms. The first-order chi connectivity index (χ1) is 5.24. The molecular formula is C9H15N2+. The van der Waals surface area contributed by atoms with Gasteiger partial charge in [-0.05, 0) is 13.8 Å². The third kappa shape index (κ3) is 1.93. The lowest BCUT2D eigenvalue weighted by molar-refractivity contribution is -0.686. The van der Waals surface area contributed by atoms with E-state index in [9.17, 15) is 0 Å². The molecule has 2 nitrogen and oxygen atoms in total. The van der Waals surface area contributed by atoms with Gasteiger partial charge in [0.05, 0.1) is 6.04 Å². The van der Waals surface area contributed by atoms with Crippen molar-refractivity contribution in [3.05, 3.63) is 31.4 Å². The standard InChI is InChI=1S/C9H15N2/c1-4-5-10-6-7-11(8-10)9(2)3/h4,6-9H,1,5H2,2-3H3/q+1. The third-order valence-corrected chi connectivity index (χ3v) is 1.65. The lowest BCUT2D eigenvalue weighted by Gasteiger charge is -1.96. The maximum absolute atomic E-state index is 3.68. The summed E-state index contributed by atoms with van der Waals surface area (Å²) in [5, 5.41) is 0. The second-order valence-corrected chi connectivity index (χ2v) is 2.94. The minimum Gasteiger partial charge on any atom is -0.235 e. The molecule has 0 unspecified atom stereocenters. The van der Waals surface area contributed by atoms with Crippen molar-refractivity contribution in [3.8, 4) is 0 Å². The molecule has 0 aliphatic rings. The van der Waals surface area contributed by atoms with E-state index in [4.69, 9.17) is 0 Å². The van der Waals surface area contributed by atoms with Crippen molar-refractivity contribution in [1.82, 2.24) is 4.57 Å². The zero-order valence-corrected chi connectivity index (χ0v) is 7.20. The van der Waals surface area contributed by atoms with Gasteiger partial charge < -0.3 is 0 Å². The van der Waals surface area contributed by atoms with Crippen LogP contribution in [0.25, 0.3) is 0 Å². The molecule has 0 aromatic carbocycles. The SMILES string of the molecule is C=CC[n+]1ccn(C(C)C)c1. The van der Waals surface area contributed by atoms with Gasteiger partial charge in [0, 0.05) is 0 Å². The van der Waals surface area contributed by atoms with Crippen molar-refractivity contribution in [3.63, 3.8) is 0 Å². The van der Waals surface area contributed by atoms with Crippen LogP contribution in [0.2, 0.25) is 0 Å². The van der Waals surface area contributed by atoms with Crippen molar-refractivity contribution in [2.75, 3.05) is 0 Å². The maximum atomic E-state index is 3.68. The van der Waals surface area contributed by atoms with Crippen LogP contribution in [0, 0.1) is 0 Å². The van der Waals surface area contributed by atoms with Crippen molar-refractivity contribution < 1.29 is 4.57 Å². The lowest BCUT2D eigenvalue weighted by Crippen LogP contribution is -2.29. The van der Waals surface area contributed by atoms with Gasteiger partial charge in [-0.2, -0.15) is 0 Å². The number of imidazole rings is 1. The van der Waals surface area contributed by atoms with E-state index in [0.717, 1.165) is 6.54 Å². The molecule has 1 heterocycles. The van der Waals surface area contributed by atoms with Crippen LogP contribution in [0.4, 0.5) is 0 Å². The molecule has 11 heavy (non-hydrogen) atoms. The minimum atomic E-state index is 0.543. The van der Waals surface area contributed by atoms with E-state index >= 15 is 0 Å². The van der Waals surface area contributed by atoms with Crippen LogP contribution in [0.3, 0.4) is 0 Å². The maximum Gasteiger partial charge on any atom is 0.244 e. The van der Waals surface area contributed by atoms with E-state index in [-0.39, 0.29) is 0 Å². The van der Waals surface area contributed by atoms with E-state index in [0.29, 0.717) is 6.04 Å². The Labute approximate surface area is 67.8 Å². The number of nitrogens with zero attached hydrogens (tertiary/aromatic N) is 2. The summed E-state index contributed by atoms with van der Waals surface area (Å²) in [7, 11) is 0. The highest BCUT2D eigenvalue weighted by Crippen LogP contribution is 1.99. The fourth-order valence-corrected chi connectivity index (χ4v) is 0.973. The summed E-state index contributed by atoms with van der Waals surface area (Å²) in [5.41, 5.74) is 0. The van der Waals surface area contributed by atoms with Crippen LogP contribution >= 0.6 is 0 Å². The van der Waals surface area contributed by atoms with Crippen LogP contribution in [-0.2, 0) is 6.54 Å². The molecule has 0 fully saturated rings. The van der Waals surface area contributed by atoms with Crippen molar-refractivity contribution >= 4 is 0 Å². The van der Waals surface area contributed by atoms with Gasteiger partial charge in [-0.1, -0.05) is 12.7 Å². The van der Waals surface area contributed by atoms with Gasteiger partial charge in [-0.25, -0.2) is 9.13 Å². The first-order valence-corrected chi connectivity index (χ1v) is 3.91. The fourth-order valence-electron chi connectivity index (χ4n) is 0.973. The Hall–Kier alpha value is -1.05. The molecule has 1 rings (SSSR count). The topological polar surface area (TPSA) is 8.81 Å². The number of allylic oxidation sites excluding steroid dienone is 1. The molecule has 0 saturated heterocycles. The first-order valence-electron chi connectivity index (χ1n) is 3.91. The van der Waals surface area contributed by atoms with Gasteiger partial charge in [0.25, 0.3) is 0 Å². The number of rotatable bonds is 3. The summed E-state index contributed by atoms with van der Waals surface area (Å²) in [6, 6.07) is 0.543. The Balaban J connectivity index is 2.73. The van der Waals surface area contributed by atoms with Gasteiger partial charge in [0.1, 0.15) is 18.9 Å². The van der Waals surface area contributed by atoms with Gasteiger partial charge in [0.2, 0.25) is 6.33 Å². The zero-order chi connectivity index (χ0) is 8.27. The molecule has 0 aliphatic carbocycles. The smallest absolute Gasteiger partial charge is 0.235 e. The Morgan fingerprint density at radius 1 is 1.64 bits per heavy atom.